The molecule has 0 atom stereocenters. The van der Waals surface area contributed by atoms with Crippen LogP contribution in [0.1, 0.15) is 19.4 Å². The van der Waals surface area contributed by atoms with Gasteiger partial charge in [-0.2, -0.15) is 0 Å². The molecule has 1 aromatic rings. The van der Waals surface area contributed by atoms with Crippen molar-refractivity contribution in [1.82, 2.24) is 10.6 Å². The van der Waals surface area contributed by atoms with Crippen LogP contribution in [0.3, 0.4) is 0 Å². The van der Waals surface area contributed by atoms with Crippen molar-refractivity contribution in [2.75, 3.05) is 31.6 Å². The molecule has 0 aliphatic carbocycles. The van der Waals surface area contributed by atoms with Crippen LogP contribution in [0, 0.1) is 0 Å². The van der Waals surface area contributed by atoms with E-state index in [2.05, 4.69) is 17.6 Å². The Hall–Kier alpha value is -1.26. The van der Waals surface area contributed by atoms with Crippen molar-refractivity contribution < 1.29 is 4.79 Å². The number of nitrogens with zero attached hydrogens (tertiary/aromatic N) is 1. The van der Waals surface area contributed by atoms with Crippen LogP contribution in [-0.4, -0.2) is 32.6 Å². The fourth-order valence-corrected chi connectivity index (χ4v) is 2.28. The first-order valence-corrected chi connectivity index (χ1v) is 6.93. The maximum Gasteiger partial charge on any atom is 0.239 e. The third-order valence-electron chi connectivity index (χ3n) is 2.77. The van der Waals surface area contributed by atoms with E-state index in [0.717, 1.165) is 24.3 Å². The molecule has 0 spiro atoms. The molecule has 5 heteroatoms. The predicted molar refractivity (Wildman–Crippen MR) is 80.8 cm³/mol. The molecule has 0 aromatic heterocycles. The number of amides is 1. The summed E-state index contributed by atoms with van der Waals surface area (Å²) >= 11 is 6.26. The zero-order valence-electron chi connectivity index (χ0n) is 11.8. The summed E-state index contributed by atoms with van der Waals surface area (Å²) in [7, 11) is 1.88. The molecule has 0 bridgehead atoms. The molecular formula is C14H22ClN3O. The van der Waals surface area contributed by atoms with E-state index in [1.165, 1.54) is 0 Å². The SMILES string of the molecule is CCNCc1cccc(Cl)c1N(C)CC(=O)NCC. The van der Waals surface area contributed by atoms with E-state index in [-0.39, 0.29) is 5.91 Å². The maximum absolute atomic E-state index is 11.7. The van der Waals surface area contributed by atoms with Gasteiger partial charge in [-0.3, -0.25) is 4.79 Å². The number of para-hydroxylation sites is 1. The van der Waals surface area contributed by atoms with Crippen molar-refractivity contribution in [3.63, 3.8) is 0 Å². The molecule has 19 heavy (non-hydrogen) atoms. The van der Waals surface area contributed by atoms with Gasteiger partial charge >= 0.3 is 0 Å². The van der Waals surface area contributed by atoms with E-state index in [0.29, 0.717) is 18.1 Å². The highest BCUT2D eigenvalue weighted by Crippen LogP contribution is 2.28. The number of anilines is 1. The quantitative estimate of drug-likeness (QED) is 0.805. The minimum Gasteiger partial charge on any atom is -0.364 e. The monoisotopic (exact) mass is 283 g/mol. The van der Waals surface area contributed by atoms with Gasteiger partial charge in [0.1, 0.15) is 0 Å². The molecule has 0 saturated carbocycles. The lowest BCUT2D eigenvalue weighted by Crippen LogP contribution is -2.35. The molecule has 0 heterocycles. The summed E-state index contributed by atoms with van der Waals surface area (Å²) < 4.78 is 0. The predicted octanol–water partition coefficient (Wildman–Crippen LogP) is 2.02. The maximum atomic E-state index is 11.7. The summed E-state index contributed by atoms with van der Waals surface area (Å²) in [4.78, 5) is 13.5. The second kappa shape index (κ2) is 8.02. The van der Waals surface area contributed by atoms with Gasteiger partial charge in [-0.1, -0.05) is 30.7 Å². The molecule has 1 rings (SSSR count). The Morgan fingerprint density at radius 1 is 1.32 bits per heavy atom. The molecule has 0 aliphatic rings. The lowest BCUT2D eigenvalue weighted by Gasteiger charge is -2.23. The summed E-state index contributed by atoms with van der Waals surface area (Å²) in [6, 6.07) is 5.80. The molecule has 4 nitrogen and oxygen atoms in total. The fraction of sp³-hybridized carbons (Fsp3) is 0.500. The number of carbonyl (C=O) groups is 1. The normalized spacial score (nSPS) is 10.3. The van der Waals surface area contributed by atoms with Gasteiger partial charge in [-0.15, -0.1) is 0 Å². The molecular weight excluding hydrogens is 262 g/mol. The van der Waals surface area contributed by atoms with Crippen LogP contribution >= 0.6 is 11.6 Å². The Labute approximate surface area is 120 Å². The lowest BCUT2D eigenvalue weighted by molar-refractivity contribution is -0.119. The van der Waals surface area contributed by atoms with Gasteiger partial charge < -0.3 is 15.5 Å². The number of rotatable bonds is 7. The highest BCUT2D eigenvalue weighted by atomic mass is 35.5. The van der Waals surface area contributed by atoms with E-state index in [9.17, 15) is 4.79 Å². The van der Waals surface area contributed by atoms with E-state index in [1.807, 2.05) is 37.1 Å². The van der Waals surface area contributed by atoms with Crippen molar-refractivity contribution in [3.05, 3.63) is 28.8 Å². The number of hydrogen-bond acceptors (Lipinski definition) is 3. The number of halogens is 1. The van der Waals surface area contributed by atoms with Gasteiger partial charge in [-0.25, -0.2) is 0 Å². The Kier molecular flexibility index (Phi) is 6.67. The van der Waals surface area contributed by atoms with Crippen LogP contribution in [0.25, 0.3) is 0 Å². The van der Waals surface area contributed by atoms with Gasteiger partial charge in [0.2, 0.25) is 5.91 Å². The van der Waals surface area contributed by atoms with Crippen LogP contribution in [0.15, 0.2) is 18.2 Å². The van der Waals surface area contributed by atoms with Gasteiger partial charge in [0.25, 0.3) is 0 Å². The highest BCUT2D eigenvalue weighted by molar-refractivity contribution is 6.33. The summed E-state index contributed by atoms with van der Waals surface area (Å²) in [6.45, 7) is 6.54. The van der Waals surface area contributed by atoms with Crippen LogP contribution in [0.4, 0.5) is 5.69 Å². The average molecular weight is 284 g/mol. The Morgan fingerprint density at radius 2 is 2.05 bits per heavy atom. The summed E-state index contributed by atoms with van der Waals surface area (Å²) in [5, 5.41) is 6.74. The summed E-state index contributed by atoms with van der Waals surface area (Å²) in [5.41, 5.74) is 2.01. The molecule has 1 aromatic carbocycles. The Balaban J connectivity index is 2.87. The van der Waals surface area contributed by atoms with Gasteiger partial charge in [0.15, 0.2) is 0 Å². The first-order valence-electron chi connectivity index (χ1n) is 6.56. The van der Waals surface area contributed by atoms with Crippen molar-refractivity contribution in [2.45, 2.75) is 20.4 Å². The van der Waals surface area contributed by atoms with Crippen LogP contribution < -0.4 is 15.5 Å². The highest BCUT2D eigenvalue weighted by Gasteiger charge is 2.13. The summed E-state index contributed by atoms with van der Waals surface area (Å²) in [6.07, 6.45) is 0. The second-order valence-electron chi connectivity index (χ2n) is 4.34. The average Bonchev–Trinajstić information content (AvgIpc) is 2.36. The van der Waals surface area contributed by atoms with E-state index >= 15 is 0 Å². The second-order valence-corrected chi connectivity index (χ2v) is 4.74. The lowest BCUT2D eigenvalue weighted by atomic mass is 10.1. The van der Waals surface area contributed by atoms with Crippen molar-refractivity contribution >= 4 is 23.2 Å². The minimum atomic E-state index is -0.000629. The number of likely N-dealkylation sites (N-methyl/N-ethyl adjacent to an activating group) is 2. The van der Waals surface area contributed by atoms with E-state index in [4.69, 9.17) is 11.6 Å². The van der Waals surface area contributed by atoms with Gasteiger partial charge in [0.05, 0.1) is 17.3 Å². The number of carbonyl (C=O) groups excluding carboxylic acids is 1. The van der Waals surface area contributed by atoms with Gasteiger partial charge in [-0.05, 0) is 25.1 Å². The fourth-order valence-electron chi connectivity index (χ4n) is 1.94. The Bertz CT molecular complexity index is 423. The van der Waals surface area contributed by atoms with Crippen molar-refractivity contribution in [1.29, 1.82) is 0 Å². The largest absolute Gasteiger partial charge is 0.364 e. The molecule has 0 saturated heterocycles. The molecule has 106 valence electrons. The molecule has 0 unspecified atom stereocenters. The van der Waals surface area contributed by atoms with Crippen LogP contribution in [0.5, 0.6) is 0 Å². The topological polar surface area (TPSA) is 44.4 Å². The number of nitrogens with one attached hydrogen (secondary N) is 2. The zero-order valence-corrected chi connectivity index (χ0v) is 12.5. The third kappa shape index (κ3) is 4.73. The number of hydrogen-bond donors (Lipinski definition) is 2. The first-order chi connectivity index (χ1) is 9.10. The minimum absolute atomic E-state index is 0.000629. The van der Waals surface area contributed by atoms with Crippen molar-refractivity contribution in [2.24, 2.45) is 0 Å². The smallest absolute Gasteiger partial charge is 0.239 e. The standard InChI is InChI=1S/C14H22ClN3O/c1-4-16-9-11-7-6-8-12(15)14(11)18(3)10-13(19)17-5-2/h6-8,16H,4-5,9-10H2,1-3H3,(H,17,19). The third-order valence-corrected chi connectivity index (χ3v) is 3.08. The van der Waals surface area contributed by atoms with E-state index in [1.54, 1.807) is 0 Å². The zero-order chi connectivity index (χ0) is 14.3. The first kappa shape index (κ1) is 15.8. The molecule has 2 N–H and O–H groups in total. The number of benzene rings is 1. The molecule has 0 aliphatic heterocycles. The van der Waals surface area contributed by atoms with Crippen LogP contribution in [-0.2, 0) is 11.3 Å². The molecule has 0 fully saturated rings. The Morgan fingerprint density at radius 3 is 2.68 bits per heavy atom. The van der Waals surface area contributed by atoms with Crippen molar-refractivity contribution in [3.8, 4) is 0 Å². The van der Waals surface area contributed by atoms with Crippen LogP contribution in [0.2, 0.25) is 5.02 Å². The molecule has 1 amide bonds. The van der Waals surface area contributed by atoms with Gasteiger partial charge in [0, 0.05) is 20.1 Å². The molecule has 0 radical (unpaired) electrons. The summed E-state index contributed by atoms with van der Waals surface area (Å²) in [5.74, 6) is -0.000629. The van der Waals surface area contributed by atoms with E-state index < -0.39 is 0 Å².